The topological polar surface area (TPSA) is 81.0 Å². The molecule has 2 amide bonds. The SMILES string of the molecule is Cc1ccnn1-c1ccc(C(=O)NNC(=O)c2cn(C)c3ccccc23)cc1. The zero-order chi connectivity index (χ0) is 19.7. The fourth-order valence-corrected chi connectivity index (χ4v) is 3.17. The average Bonchev–Trinajstić information content (AvgIpc) is 3.30. The van der Waals surface area contributed by atoms with Crippen molar-refractivity contribution in [3.8, 4) is 5.69 Å². The van der Waals surface area contributed by atoms with Gasteiger partial charge in [-0.05, 0) is 43.3 Å². The molecule has 0 atom stereocenters. The van der Waals surface area contributed by atoms with Gasteiger partial charge in [0.25, 0.3) is 11.8 Å². The van der Waals surface area contributed by atoms with Gasteiger partial charge in [-0.3, -0.25) is 20.4 Å². The maximum atomic E-state index is 12.5. The number of hydrazine groups is 1. The number of rotatable bonds is 3. The Morgan fingerprint density at radius 2 is 1.64 bits per heavy atom. The van der Waals surface area contributed by atoms with Gasteiger partial charge in [-0.2, -0.15) is 5.10 Å². The van der Waals surface area contributed by atoms with Gasteiger partial charge < -0.3 is 4.57 Å². The highest BCUT2D eigenvalue weighted by Gasteiger charge is 2.15. The Kier molecular flexibility index (Phi) is 4.41. The second-order valence-electron chi connectivity index (χ2n) is 6.51. The van der Waals surface area contributed by atoms with E-state index in [1.54, 1.807) is 41.3 Å². The molecule has 7 heteroatoms. The first-order valence-electron chi connectivity index (χ1n) is 8.80. The van der Waals surface area contributed by atoms with Crippen molar-refractivity contribution in [3.63, 3.8) is 0 Å². The van der Waals surface area contributed by atoms with E-state index in [0.717, 1.165) is 22.3 Å². The van der Waals surface area contributed by atoms with E-state index in [2.05, 4.69) is 16.0 Å². The van der Waals surface area contributed by atoms with Crippen LogP contribution in [0.3, 0.4) is 0 Å². The lowest BCUT2D eigenvalue weighted by Gasteiger charge is -2.08. The second-order valence-corrected chi connectivity index (χ2v) is 6.51. The quantitative estimate of drug-likeness (QED) is 0.542. The van der Waals surface area contributed by atoms with Crippen LogP contribution in [0.15, 0.2) is 67.0 Å². The molecular weight excluding hydrogens is 354 g/mol. The summed E-state index contributed by atoms with van der Waals surface area (Å²) in [5, 5.41) is 5.07. The molecule has 0 saturated heterocycles. The van der Waals surface area contributed by atoms with E-state index in [1.165, 1.54) is 0 Å². The molecule has 0 fully saturated rings. The lowest BCUT2D eigenvalue weighted by Crippen LogP contribution is -2.41. The Hall–Kier alpha value is -3.87. The molecule has 0 aliphatic heterocycles. The van der Waals surface area contributed by atoms with Crippen LogP contribution in [0.5, 0.6) is 0 Å². The standard InChI is InChI=1S/C21H19N5O2/c1-14-11-12-22-26(14)16-9-7-15(8-10-16)20(27)23-24-21(28)18-13-25(2)19-6-4-3-5-17(18)19/h3-13H,1-2H3,(H,23,27)(H,24,28). The summed E-state index contributed by atoms with van der Waals surface area (Å²) in [6.07, 6.45) is 3.46. The number of nitrogens with zero attached hydrogens (tertiary/aromatic N) is 3. The molecule has 4 rings (SSSR count). The molecule has 28 heavy (non-hydrogen) atoms. The van der Waals surface area contributed by atoms with Crippen molar-refractivity contribution in [1.82, 2.24) is 25.2 Å². The number of hydrogen-bond donors (Lipinski definition) is 2. The fourth-order valence-electron chi connectivity index (χ4n) is 3.17. The molecule has 0 unspecified atom stereocenters. The fraction of sp³-hybridized carbons (Fsp3) is 0.0952. The van der Waals surface area contributed by atoms with Crippen LogP contribution in [0.25, 0.3) is 16.6 Å². The van der Waals surface area contributed by atoms with Crippen molar-refractivity contribution in [1.29, 1.82) is 0 Å². The van der Waals surface area contributed by atoms with Crippen molar-refractivity contribution < 1.29 is 9.59 Å². The first kappa shape index (κ1) is 17.5. The molecule has 7 nitrogen and oxygen atoms in total. The first-order chi connectivity index (χ1) is 13.5. The predicted octanol–water partition coefficient (Wildman–Crippen LogP) is 2.75. The predicted molar refractivity (Wildman–Crippen MR) is 106 cm³/mol. The molecule has 0 aliphatic carbocycles. The Bertz CT molecular complexity index is 1170. The Labute approximate surface area is 161 Å². The highest BCUT2D eigenvalue weighted by atomic mass is 16.2. The number of aryl methyl sites for hydroxylation is 2. The van der Waals surface area contributed by atoms with Crippen LogP contribution in [0, 0.1) is 6.92 Å². The third-order valence-electron chi connectivity index (χ3n) is 4.64. The molecule has 2 heterocycles. The highest BCUT2D eigenvalue weighted by Crippen LogP contribution is 2.20. The first-order valence-corrected chi connectivity index (χ1v) is 8.80. The summed E-state index contributed by atoms with van der Waals surface area (Å²) in [7, 11) is 1.88. The van der Waals surface area contributed by atoms with Crippen molar-refractivity contribution in [2.24, 2.45) is 7.05 Å². The Morgan fingerprint density at radius 3 is 2.36 bits per heavy atom. The molecule has 0 saturated carbocycles. The van der Waals surface area contributed by atoms with Gasteiger partial charge in [0, 0.05) is 41.6 Å². The Balaban J connectivity index is 1.45. The number of fused-ring (bicyclic) bond motifs is 1. The van der Waals surface area contributed by atoms with E-state index in [4.69, 9.17) is 0 Å². The number of aromatic nitrogens is 3. The summed E-state index contributed by atoms with van der Waals surface area (Å²) < 4.78 is 3.66. The van der Waals surface area contributed by atoms with Crippen LogP contribution in [-0.2, 0) is 7.05 Å². The van der Waals surface area contributed by atoms with E-state index in [9.17, 15) is 9.59 Å². The summed E-state index contributed by atoms with van der Waals surface area (Å²) in [5.41, 5.74) is 8.70. The minimum atomic E-state index is -0.391. The molecule has 0 aliphatic rings. The molecule has 4 aromatic rings. The highest BCUT2D eigenvalue weighted by molar-refractivity contribution is 6.08. The van der Waals surface area contributed by atoms with Crippen LogP contribution in [0.4, 0.5) is 0 Å². The summed E-state index contributed by atoms with van der Waals surface area (Å²) in [6.45, 7) is 1.95. The minimum Gasteiger partial charge on any atom is -0.350 e. The van der Waals surface area contributed by atoms with E-state index >= 15 is 0 Å². The number of amides is 2. The normalized spacial score (nSPS) is 10.8. The van der Waals surface area contributed by atoms with Crippen LogP contribution in [0.2, 0.25) is 0 Å². The lowest BCUT2D eigenvalue weighted by atomic mass is 10.1. The van der Waals surface area contributed by atoms with Gasteiger partial charge in [0.05, 0.1) is 11.3 Å². The van der Waals surface area contributed by atoms with E-state index in [1.807, 2.05) is 48.9 Å². The second kappa shape index (κ2) is 7.03. The van der Waals surface area contributed by atoms with Crippen molar-refractivity contribution in [2.45, 2.75) is 6.92 Å². The molecule has 140 valence electrons. The summed E-state index contributed by atoms with van der Waals surface area (Å²) in [5.74, 6) is -0.758. The van der Waals surface area contributed by atoms with Crippen LogP contribution < -0.4 is 10.9 Å². The summed E-state index contributed by atoms with van der Waals surface area (Å²) in [4.78, 5) is 24.9. The van der Waals surface area contributed by atoms with Crippen molar-refractivity contribution in [2.75, 3.05) is 0 Å². The smallest absolute Gasteiger partial charge is 0.271 e. The molecule has 0 spiro atoms. The zero-order valence-electron chi connectivity index (χ0n) is 15.5. The lowest BCUT2D eigenvalue weighted by molar-refractivity contribution is 0.0847. The van der Waals surface area contributed by atoms with Gasteiger partial charge in [-0.15, -0.1) is 0 Å². The number of hydrogen-bond acceptors (Lipinski definition) is 3. The van der Waals surface area contributed by atoms with Gasteiger partial charge in [0.1, 0.15) is 0 Å². The van der Waals surface area contributed by atoms with Gasteiger partial charge in [0.2, 0.25) is 0 Å². The number of carbonyl (C=O) groups is 2. The van der Waals surface area contributed by atoms with E-state index < -0.39 is 5.91 Å². The van der Waals surface area contributed by atoms with Crippen molar-refractivity contribution in [3.05, 3.63) is 83.8 Å². The molecule has 2 N–H and O–H groups in total. The third-order valence-corrected chi connectivity index (χ3v) is 4.64. The van der Waals surface area contributed by atoms with Gasteiger partial charge in [0.15, 0.2) is 0 Å². The summed E-state index contributed by atoms with van der Waals surface area (Å²) in [6, 6.07) is 16.5. The largest absolute Gasteiger partial charge is 0.350 e. The number of benzene rings is 2. The Morgan fingerprint density at radius 1 is 0.929 bits per heavy atom. The number of nitrogens with one attached hydrogen (secondary N) is 2. The zero-order valence-corrected chi connectivity index (χ0v) is 15.5. The molecule has 2 aromatic heterocycles. The third kappa shape index (κ3) is 3.14. The maximum Gasteiger partial charge on any atom is 0.271 e. The van der Waals surface area contributed by atoms with E-state index in [-0.39, 0.29) is 5.91 Å². The van der Waals surface area contributed by atoms with Crippen LogP contribution in [-0.4, -0.2) is 26.2 Å². The molecule has 0 radical (unpaired) electrons. The minimum absolute atomic E-state index is 0.367. The maximum absolute atomic E-state index is 12.5. The van der Waals surface area contributed by atoms with Crippen LogP contribution >= 0.6 is 0 Å². The summed E-state index contributed by atoms with van der Waals surface area (Å²) >= 11 is 0. The monoisotopic (exact) mass is 373 g/mol. The number of carbonyl (C=O) groups excluding carboxylic acids is 2. The van der Waals surface area contributed by atoms with E-state index in [0.29, 0.717) is 11.1 Å². The van der Waals surface area contributed by atoms with Crippen molar-refractivity contribution >= 4 is 22.7 Å². The van der Waals surface area contributed by atoms with Crippen LogP contribution in [0.1, 0.15) is 26.4 Å². The van der Waals surface area contributed by atoms with Gasteiger partial charge in [-0.25, -0.2) is 4.68 Å². The van der Waals surface area contributed by atoms with Gasteiger partial charge in [-0.1, -0.05) is 18.2 Å². The van der Waals surface area contributed by atoms with Gasteiger partial charge >= 0.3 is 0 Å². The molecular formula is C21H19N5O2. The molecule has 0 bridgehead atoms. The molecule has 2 aromatic carbocycles. The number of para-hydroxylation sites is 1. The average molecular weight is 373 g/mol.